The zero-order valence-electron chi connectivity index (χ0n) is 10.3. The van der Waals surface area contributed by atoms with Gasteiger partial charge in [-0.1, -0.05) is 0 Å². The van der Waals surface area contributed by atoms with E-state index in [1.807, 2.05) is 0 Å². The van der Waals surface area contributed by atoms with Crippen LogP contribution < -0.4 is 0 Å². The molecular formula is C12H16N2O4. The Morgan fingerprint density at radius 3 is 2.89 bits per heavy atom. The molecule has 0 aliphatic carbocycles. The summed E-state index contributed by atoms with van der Waals surface area (Å²) in [6.07, 6.45) is 3.01. The van der Waals surface area contributed by atoms with E-state index in [1.165, 1.54) is 6.39 Å². The normalized spacial score (nSPS) is 22.6. The zero-order chi connectivity index (χ0) is 12.6. The SMILES string of the molecule is Cc1ncoc1C(=O)N1CCCC2(C1)OCCO2. The van der Waals surface area contributed by atoms with Crippen LogP contribution in [0.4, 0.5) is 0 Å². The second kappa shape index (κ2) is 4.37. The minimum atomic E-state index is -0.595. The van der Waals surface area contributed by atoms with Gasteiger partial charge in [-0.05, 0) is 13.3 Å². The minimum Gasteiger partial charge on any atom is -0.438 e. The zero-order valence-corrected chi connectivity index (χ0v) is 10.3. The molecule has 0 unspecified atom stereocenters. The maximum atomic E-state index is 12.3. The number of aromatic nitrogens is 1. The highest BCUT2D eigenvalue weighted by molar-refractivity contribution is 5.92. The van der Waals surface area contributed by atoms with Gasteiger partial charge < -0.3 is 18.8 Å². The average molecular weight is 252 g/mol. The van der Waals surface area contributed by atoms with Crippen LogP contribution in [0.3, 0.4) is 0 Å². The molecule has 1 spiro atoms. The largest absolute Gasteiger partial charge is 0.438 e. The maximum absolute atomic E-state index is 12.3. The number of oxazole rings is 1. The predicted octanol–water partition coefficient (Wildman–Crippen LogP) is 0.962. The first-order valence-corrected chi connectivity index (χ1v) is 6.17. The van der Waals surface area contributed by atoms with Crippen LogP contribution in [0.1, 0.15) is 29.1 Å². The van der Waals surface area contributed by atoms with Gasteiger partial charge in [0.05, 0.1) is 25.5 Å². The van der Waals surface area contributed by atoms with Crippen molar-refractivity contribution in [1.29, 1.82) is 0 Å². The number of carbonyl (C=O) groups excluding carboxylic acids is 1. The average Bonchev–Trinajstić information content (AvgIpc) is 2.98. The van der Waals surface area contributed by atoms with E-state index in [0.717, 1.165) is 12.8 Å². The highest BCUT2D eigenvalue weighted by atomic mass is 16.7. The highest BCUT2D eigenvalue weighted by Gasteiger charge is 2.42. The molecule has 2 saturated heterocycles. The van der Waals surface area contributed by atoms with Crippen LogP contribution in [0.2, 0.25) is 0 Å². The highest BCUT2D eigenvalue weighted by Crippen LogP contribution is 2.30. The number of likely N-dealkylation sites (tertiary alicyclic amines) is 1. The van der Waals surface area contributed by atoms with Gasteiger partial charge in [-0.15, -0.1) is 0 Å². The molecule has 0 atom stereocenters. The van der Waals surface area contributed by atoms with Gasteiger partial charge in [-0.2, -0.15) is 0 Å². The molecule has 3 rings (SSSR count). The number of amides is 1. The number of hydrogen-bond donors (Lipinski definition) is 0. The van der Waals surface area contributed by atoms with E-state index in [2.05, 4.69) is 4.98 Å². The summed E-state index contributed by atoms with van der Waals surface area (Å²) in [5, 5.41) is 0. The van der Waals surface area contributed by atoms with Gasteiger partial charge in [-0.25, -0.2) is 4.98 Å². The van der Waals surface area contributed by atoms with Crippen molar-refractivity contribution in [3.8, 4) is 0 Å². The Morgan fingerprint density at radius 2 is 2.22 bits per heavy atom. The summed E-state index contributed by atoms with van der Waals surface area (Å²) in [6.45, 7) is 4.13. The third-order valence-electron chi connectivity index (χ3n) is 3.46. The summed E-state index contributed by atoms with van der Waals surface area (Å²) in [5.41, 5.74) is 0.618. The molecule has 0 radical (unpaired) electrons. The molecule has 6 heteroatoms. The summed E-state index contributed by atoms with van der Waals surface area (Å²) in [7, 11) is 0. The molecule has 98 valence electrons. The standard InChI is InChI=1S/C12H16N2O4/c1-9-10(16-8-13-9)11(15)14-4-2-3-12(7-14)17-5-6-18-12/h8H,2-7H2,1H3. The number of nitrogens with zero attached hydrogens (tertiary/aromatic N) is 2. The summed E-state index contributed by atoms with van der Waals surface area (Å²) in [5.74, 6) is -0.421. The Bertz CT molecular complexity index is 451. The summed E-state index contributed by atoms with van der Waals surface area (Å²) in [6, 6.07) is 0. The molecule has 2 aliphatic rings. The van der Waals surface area contributed by atoms with E-state index in [1.54, 1.807) is 11.8 Å². The van der Waals surface area contributed by atoms with Gasteiger partial charge in [0.25, 0.3) is 5.91 Å². The van der Waals surface area contributed by atoms with E-state index in [9.17, 15) is 4.79 Å². The molecule has 3 heterocycles. The number of hydrogen-bond acceptors (Lipinski definition) is 5. The monoisotopic (exact) mass is 252 g/mol. The van der Waals surface area contributed by atoms with Crippen LogP contribution in [0.15, 0.2) is 10.8 Å². The lowest BCUT2D eigenvalue weighted by atomic mass is 10.0. The first kappa shape index (κ1) is 11.7. The van der Waals surface area contributed by atoms with Crippen molar-refractivity contribution in [2.24, 2.45) is 0 Å². The molecule has 0 bridgehead atoms. The lowest BCUT2D eigenvalue weighted by Gasteiger charge is -2.38. The molecule has 2 aliphatic heterocycles. The molecule has 0 aromatic carbocycles. The van der Waals surface area contributed by atoms with Crippen LogP contribution in [0.25, 0.3) is 0 Å². The summed E-state index contributed by atoms with van der Waals surface area (Å²) in [4.78, 5) is 18.0. The fourth-order valence-electron chi connectivity index (χ4n) is 2.54. The van der Waals surface area contributed by atoms with E-state index >= 15 is 0 Å². The fraction of sp³-hybridized carbons (Fsp3) is 0.667. The van der Waals surface area contributed by atoms with Crippen LogP contribution in [-0.2, 0) is 9.47 Å². The maximum Gasteiger partial charge on any atom is 0.291 e. The van der Waals surface area contributed by atoms with E-state index < -0.39 is 5.79 Å². The Kier molecular flexibility index (Phi) is 2.83. The van der Waals surface area contributed by atoms with E-state index in [4.69, 9.17) is 13.9 Å². The van der Waals surface area contributed by atoms with Crippen molar-refractivity contribution in [2.45, 2.75) is 25.6 Å². The lowest BCUT2D eigenvalue weighted by Crippen LogP contribution is -2.51. The quantitative estimate of drug-likeness (QED) is 0.745. The third kappa shape index (κ3) is 1.91. The van der Waals surface area contributed by atoms with Gasteiger partial charge >= 0.3 is 0 Å². The number of piperidine rings is 1. The molecule has 1 aromatic heterocycles. The van der Waals surface area contributed by atoms with Crippen molar-refractivity contribution in [2.75, 3.05) is 26.3 Å². The smallest absolute Gasteiger partial charge is 0.291 e. The second-order valence-electron chi connectivity index (χ2n) is 4.70. The summed E-state index contributed by atoms with van der Waals surface area (Å²) < 4.78 is 16.4. The van der Waals surface area contributed by atoms with Crippen LogP contribution in [0, 0.1) is 6.92 Å². The molecular weight excluding hydrogens is 236 g/mol. The van der Waals surface area contributed by atoms with Crippen LogP contribution in [0.5, 0.6) is 0 Å². The third-order valence-corrected chi connectivity index (χ3v) is 3.46. The van der Waals surface area contributed by atoms with Crippen LogP contribution in [-0.4, -0.2) is 47.9 Å². The number of ether oxygens (including phenoxy) is 2. The predicted molar refractivity (Wildman–Crippen MR) is 61.0 cm³/mol. The van der Waals surface area contributed by atoms with Crippen molar-refractivity contribution < 1.29 is 18.7 Å². The number of carbonyl (C=O) groups is 1. The molecule has 1 aromatic rings. The topological polar surface area (TPSA) is 64.8 Å². The number of rotatable bonds is 1. The Labute approximate surface area is 105 Å². The Hall–Kier alpha value is -1.40. The number of aryl methyl sites for hydroxylation is 1. The molecule has 1 amide bonds. The van der Waals surface area contributed by atoms with Crippen molar-refractivity contribution in [1.82, 2.24) is 9.88 Å². The van der Waals surface area contributed by atoms with Gasteiger partial charge in [0, 0.05) is 13.0 Å². The minimum absolute atomic E-state index is 0.136. The van der Waals surface area contributed by atoms with Crippen LogP contribution >= 0.6 is 0 Å². The van der Waals surface area contributed by atoms with E-state index in [0.29, 0.717) is 37.8 Å². The van der Waals surface area contributed by atoms with Gasteiger partial charge in [0.2, 0.25) is 5.76 Å². The molecule has 18 heavy (non-hydrogen) atoms. The van der Waals surface area contributed by atoms with Gasteiger partial charge in [-0.3, -0.25) is 4.79 Å². The van der Waals surface area contributed by atoms with Gasteiger partial charge in [0.15, 0.2) is 12.2 Å². The Morgan fingerprint density at radius 1 is 1.44 bits per heavy atom. The Balaban J connectivity index is 1.76. The molecule has 0 saturated carbocycles. The fourth-order valence-corrected chi connectivity index (χ4v) is 2.54. The second-order valence-corrected chi connectivity index (χ2v) is 4.70. The first-order valence-electron chi connectivity index (χ1n) is 6.17. The molecule has 0 N–H and O–H groups in total. The van der Waals surface area contributed by atoms with Crippen molar-refractivity contribution in [3.05, 3.63) is 17.8 Å². The lowest BCUT2D eigenvalue weighted by molar-refractivity contribution is -0.183. The van der Waals surface area contributed by atoms with Gasteiger partial charge in [0.1, 0.15) is 0 Å². The van der Waals surface area contributed by atoms with Crippen molar-refractivity contribution in [3.63, 3.8) is 0 Å². The molecule has 6 nitrogen and oxygen atoms in total. The summed E-state index contributed by atoms with van der Waals surface area (Å²) >= 11 is 0. The molecule has 2 fully saturated rings. The van der Waals surface area contributed by atoms with E-state index in [-0.39, 0.29) is 5.91 Å². The first-order chi connectivity index (χ1) is 8.70. The van der Waals surface area contributed by atoms with Crippen molar-refractivity contribution >= 4 is 5.91 Å².